The molecule has 4 nitrogen and oxygen atoms in total. The Labute approximate surface area is 128 Å². The maximum Gasteiger partial charge on any atom is 0.140 e. The molecule has 0 atom stereocenters. The minimum atomic E-state index is -0.280. The van der Waals surface area contributed by atoms with E-state index >= 15 is 0 Å². The van der Waals surface area contributed by atoms with E-state index in [4.69, 9.17) is 0 Å². The van der Waals surface area contributed by atoms with Crippen molar-refractivity contribution in [3.63, 3.8) is 0 Å². The van der Waals surface area contributed by atoms with E-state index in [1.54, 1.807) is 12.4 Å². The summed E-state index contributed by atoms with van der Waals surface area (Å²) in [5.41, 5.74) is 4.21. The Bertz CT molecular complexity index is 849. The monoisotopic (exact) mass is 296 g/mol. The summed E-state index contributed by atoms with van der Waals surface area (Å²) in [6.07, 6.45) is 8.34. The van der Waals surface area contributed by atoms with E-state index in [1.807, 2.05) is 24.4 Å². The smallest absolute Gasteiger partial charge is 0.140 e. The highest BCUT2D eigenvalue weighted by Gasteiger charge is 2.19. The third kappa shape index (κ3) is 2.00. The zero-order valence-electron chi connectivity index (χ0n) is 12.7. The van der Waals surface area contributed by atoms with Gasteiger partial charge in [-0.1, -0.05) is 13.8 Å². The van der Waals surface area contributed by atoms with Crippen LogP contribution in [-0.2, 0) is 12.8 Å². The highest BCUT2D eigenvalue weighted by Crippen LogP contribution is 2.28. The van der Waals surface area contributed by atoms with Gasteiger partial charge in [-0.2, -0.15) is 0 Å². The molecule has 0 aliphatic heterocycles. The molecule has 5 heteroatoms. The topological polar surface area (TPSA) is 43.1 Å². The lowest BCUT2D eigenvalue weighted by Crippen LogP contribution is -1.99. The Morgan fingerprint density at radius 3 is 2.68 bits per heavy atom. The van der Waals surface area contributed by atoms with Crippen LogP contribution in [0.25, 0.3) is 16.8 Å². The molecule has 3 aromatic rings. The number of hydrogen-bond donors (Lipinski definition) is 0. The van der Waals surface area contributed by atoms with Crippen molar-refractivity contribution in [1.82, 2.24) is 19.4 Å². The van der Waals surface area contributed by atoms with Gasteiger partial charge < -0.3 is 4.40 Å². The standard InChI is InChI=1S/C17H17FN4/c1-10(2)17-19-7-11(8-20-17)12-9-22-15-5-3-4-14(15)21-16(22)6-13(12)18/h6-10H,3-5H2,1-2H3. The Morgan fingerprint density at radius 1 is 1.18 bits per heavy atom. The summed E-state index contributed by atoms with van der Waals surface area (Å²) in [4.78, 5) is 13.2. The minimum Gasteiger partial charge on any atom is -0.303 e. The van der Waals surface area contributed by atoms with E-state index in [9.17, 15) is 4.39 Å². The number of hydrogen-bond acceptors (Lipinski definition) is 3. The van der Waals surface area contributed by atoms with Crippen LogP contribution in [0.4, 0.5) is 4.39 Å². The maximum absolute atomic E-state index is 14.4. The predicted molar refractivity (Wildman–Crippen MR) is 82.3 cm³/mol. The molecule has 3 heterocycles. The average molecular weight is 296 g/mol. The normalized spacial score (nSPS) is 14.0. The third-order valence-electron chi connectivity index (χ3n) is 4.22. The summed E-state index contributed by atoms with van der Waals surface area (Å²) in [5, 5.41) is 0. The summed E-state index contributed by atoms with van der Waals surface area (Å²) in [7, 11) is 0. The summed E-state index contributed by atoms with van der Waals surface area (Å²) in [6, 6.07) is 1.50. The van der Waals surface area contributed by atoms with Gasteiger partial charge in [-0.15, -0.1) is 0 Å². The Balaban J connectivity index is 1.85. The van der Waals surface area contributed by atoms with E-state index in [0.29, 0.717) is 16.8 Å². The molecule has 22 heavy (non-hydrogen) atoms. The molecule has 0 N–H and O–H groups in total. The molecule has 0 unspecified atom stereocenters. The van der Waals surface area contributed by atoms with Gasteiger partial charge in [-0.3, -0.25) is 0 Å². The van der Waals surface area contributed by atoms with E-state index < -0.39 is 0 Å². The number of fused-ring (bicyclic) bond motifs is 3. The molecule has 4 rings (SSSR count). The van der Waals surface area contributed by atoms with Crippen molar-refractivity contribution in [2.45, 2.75) is 39.0 Å². The van der Waals surface area contributed by atoms with Gasteiger partial charge in [0.2, 0.25) is 0 Å². The fourth-order valence-corrected chi connectivity index (χ4v) is 3.04. The summed E-state index contributed by atoms with van der Waals surface area (Å²) >= 11 is 0. The second-order valence-corrected chi connectivity index (χ2v) is 6.11. The lowest BCUT2D eigenvalue weighted by molar-refractivity contribution is 0.629. The molecule has 0 aromatic carbocycles. The van der Waals surface area contributed by atoms with E-state index in [0.717, 1.165) is 30.8 Å². The van der Waals surface area contributed by atoms with Crippen LogP contribution in [0.15, 0.2) is 24.7 Å². The predicted octanol–water partition coefficient (Wildman–Crippen LogP) is 3.54. The second kappa shape index (κ2) is 4.87. The summed E-state index contributed by atoms with van der Waals surface area (Å²) in [6.45, 7) is 4.08. The number of rotatable bonds is 2. The van der Waals surface area contributed by atoms with Gasteiger partial charge in [0, 0.05) is 47.4 Å². The molecule has 0 fully saturated rings. The van der Waals surface area contributed by atoms with Gasteiger partial charge in [-0.05, 0) is 19.3 Å². The molecule has 0 saturated heterocycles. The molecule has 0 bridgehead atoms. The van der Waals surface area contributed by atoms with Crippen LogP contribution in [0.3, 0.4) is 0 Å². The first-order valence-electron chi connectivity index (χ1n) is 7.65. The van der Waals surface area contributed by atoms with Gasteiger partial charge in [0.05, 0.1) is 5.69 Å². The average Bonchev–Trinajstić information content (AvgIpc) is 3.07. The molecular formula is C17H17FN4. The zero-order chi connectivity index (χ0) is 15.3. The fraction of sp³-hybridized carbons (Fsp3) is 0.353. The van der Waals surface area contributed by atoms with Crippen LogP contribution in [0.5, 0.6) is 0 Å². The first kappa shape index (κ1) is 13.4. The van der Waals surface area contributed by atoms with Crippen LogP contribution >= 0.6 is 0 Å². The molecule has 0 radical (unpaired) electrons. The van der Waals surface area contributed by atoms with Crippen molar-refractivity contribution in [2.24, 2.45) is 0 Å². The molecule has 112 valence electrons. The van der Waals surface area contributed by atoms with Gasteiger partial charge in [0.25, 0.3) is 0 Å². The maximum atomic E-state index is 14.4. The van der Waals surface area contributed by atoms with Crippen molar-refractivity contribution in [2.75, 3.05) is 0 Å². The molecule has 0 amide bonds. The Morgan fingerprint density at radius 2 is 1.95 bits per heavy atom. The largest absolute Gasteiger partial charge is 0.303 e. The van der Waals surface area contributed by atoms with Gasteiger partial charge in [0.1, 0.15) is 17.3 Å². The van der Waals surface area contributed by atoms with Crippen molar-refractivity contribution in [3.8, 4) is 11.1 Å². The number of imidazole rings is 1. The highest BCUT2D eigenvalue weighted by atomic mass is 19.1. The number of aromatic nitrogens is 4. The van der Waals surface area contributed by atoms with Gasteiger partial charge in [-0.25, -0.2) is 19.3 Å². The SMILES string of the molecule is CC(C)c1ncc(-c2cn3c4c(nc3cc2F)CCC4)cn1. The fourth-order valence-electron chi connectivity index (χ4n) is 3.04. The van der Waals surface area contributed by atoms with E-state index in [-0.39, 0.29) is 11.7 Å². The van der Waals surface area contributed by atoms with E-state index in [1.165, 1.54) is 11.8 Å². The molecule has 1 aliphatic carbocycles. The van der Waals surface area contributed by atoms with Crippen molar-refractivity contribution in [1.29, 1.82) is 0 Å². The molecular weight excluding hydrogens is 279 g/mol. The summed E-state index contributed by atoms with van der Waals surface area (Å²) in [5.74, 6) is 0.754. The second-order valence-electron chi connectivity index (χ2n) is 6.11. The Kier molecular flexibility index (Phi) is 2.96. The lowest BCUT2D eigenvalue weighted by Gasteiger charge is -2.08. The lowest BCUT2D eigenvalue weighted by atomic mass is 10.1. The van der Waals surface area contributed by atoms with Crippen LogP contribution in [0, 0.1) is 5.82 Å². The third-order valence-corrected chi connectivity index (χ3v) is 4.22. The quantitative estimate of drug-likeness (QED) is 0.726. The van der Waals surface area contributed by atoms with Gasteiger partial charge >= 0.3 is 0 Å². The number of pyridine rings is 1. The molecule has 1 aliphatic rings. The van der Waals surface area contributed by atoms with Crippen molar-refractivity contribution < 1.29 is 4.39 Å². The molecule has 3 aromatic heterocycles. The first-order chi connectivity index (χ1) is 10.6. The van der Waals surface area contributed by atoms with E-state index in [2.05, 4.69) is 15.0 Å². The van der Waals surface area contributed by atoms with Gasteiger partial charge in [0.15, 0.2) is 0 Å². The number of nitrogens with zero attached hydrogens (tertiary/aromatic N) is 4. The first-order valence-corrected chi connectivity index (χ1v) is 7.65. The number of halogens is 1. The zero-order valence-corrected chi connectivity index (χ0v) is 12.7. The number of aryl methyl sites for hydroxylation is 2. The van der Waals surface area contributed by atoms with Crippen LogP contribution < -0.4 is 0 Å². The van der Waals surface area contributed by atoms with Crippen LogP contribution in [0.2, 0.25) is 0 Å². The van der Waals surface area contributed by atoms with Crippen LogP contribution in [-0.4, -0.2) is 19.4 Å². The molecule has 0 spiro atoms. The Hall–Kier alpha value is -2.30. The van der Waals surface area contributed by atoms with Crippen molar-refractivity contribution >= 4 is 5.65 Å². The molecule has 0 saturated carbocycles. The van der Waals surface area contributed by atoms with Crippen LogP contribution in [0.1, 0.15) is 43.4 Å². The minimum absolute atomic E-state index is 0.262. The summed E-state index contributed by atoms with van der Waals surface area (Å²) < 4.78 is 16.4. The van der Waals surface area contributed by atoms with Crippen molar-refractivity contribution in [3.05, 3.63) is 47.7 Å². The highest BCUT2D eigenvalue weighted by molar-refractivity contribution is 5.64.